The van der Waals surface area contributed by atoms with E-state index >= 15 is 0 Å². The van der Waals surface area contributed by atoms with Crippen LogP contribution >= 0.6 is 0 Å². The first-order chi connectivity index (χ1) is 9.54. The van der Waals surface area contributed by atoms with Crippen LogP contribution in [0.1, 0.15) is 24.2 Å². The summed E-state index contributed by atoms with van der Waals surface area (Å²) in [5.74, 6) is -0.921. The average molecular weight is 274 g/mol. The summed E-state index contributed by atoms with van der Waals surface area (Å²) in [7, 11) is 0. The van der Waals surface area contributed by atoms with Gasteiger partial charge in [-0.2, -0.15) is 0 Å². The van der Waals surface area contributed by atoms with Gasteiger partial charge in [0, 0.05) is 13.1 Å². The van der Waals surface area contributed by atoms with Gasteiger partial charge in [-0.15, -0.1) is 0 Å². The molecule has 6 heteroatoms. The second-order valence-corrected chi connectivity index (χ2v) is 4.13. The summed E-state index contributed by atoms with van der Waals surface area (Å²) in [4.78, 5) is 35.3. The lowest BCUT2D eigenvalue weighted by Crippen LogP contribution is -2.23. The van der Waals surface area contributed by atoms with E-state index in [0.29, 0.717) is 5.52 Å². The topological polar surface area (TPSA) is 76.9 Å². The van der Waals surface area contributed by atoms with Crippen molar-refractivity contribution in [2.45, 2.75) is 13.8 Å². The molecule has 2 aromatic rings. The van der Waals surface area contributed by atoms with Crippen LogP contribution in [0.5, 0.6) is 0 Å². The van der Waals surface area contributed by atoms with Crippen molar-refractivity contribution in [2.75, 3.05) is 11.9 Å². The molecule has 2 heterocycles. The first kappa shape index (κ1) is 13.8. The van der Waals surface area contributed by atoms with Gasteiger partial charge in [0.25, 0.3) is 5.56 Å². The third kappa shape index (κ3) is 2.54. The highest BCUT2D eigenvalue weighted by Gasteiger charge is 2.16. The highest BCUT2D eigenvalue weighted by molar-refractivity contribution is 5.99. The molecule has 104 valence electrons. The second-order valence-electron chi connectivity index (χ2n) is 4.13. The molecular formula is C14H14N2O4. The number of amides is 1. The lowest BCUT2D eigenvalue weighted by atomic mass is 10.2. The summed E-state index contributed by atoms with van der Waals surface area (Å²) in [5.41, 5.74) is 0.314. The number of hydrogen-bond acceptors (Lipinski definition) is 4. The van der Waals surface area contributed by atoms with Crippen LogP contribution in [0.4, 0.5) is 5.69 Å². The Balaban J connectivity index is 2.72. The van der Waals surface area contributed by atoms with Gasteiger partial charge in [-0.25, -0.2) is 4.79 Å². The molecule has 0 aliphatic heterocycles. The molecule has 20 heavy (non-hydrogen) atoms. The Labute approximate surface area is 115 Å². The van der Waals surface area contributed by atoms with E-state index in [0.717, 1.165) is 0 Å². The van der Waals surface area contributed by atoms with Crippen LogP contribution in [0.2, 0.25) is 0 Å². The third-order valence-corrected chi connectivity index (χ3v) is 2.68. The number of anilines is 1. The van der Waals surface area contributed by atoms with Crippen molar-refractivity contribution in [3.63, 3.8) is 0 Å². The lowest BCUT2D eigenvalue weighted by Gasteiger charge is -2.10. The highest BCUT2D eigenvalue weighted by Crippen LogP contribution is 2.14. The van der Waals surface area contributed by atoms with Crippen molar-refractivity contribution < 1.29 is 14.3 Å². The number of ether oxygens (including phenoxy) is 1. The number of esters is 1. The molecule has 2 rings (SSSR count). The first-order valence-corrected chi connectivity index (χ1v) is 6.13. The standard InChI is InChI=1S/C14H14N2O4/c1-3-20-14(19)10-8-11(15-9(2)17)13(18)16-7-5-4-6-12(10)16/h4-8H,3H2,1-2H3,(H,15,17). The smallest absolute Gasteiger partial charge is 0.340 e. The quantitative estimate of drug-likeness (QED) is 0.859. The molecule has 0 unspecified atom stereocenters. The van der Waals surface area contributed by atoms with E-state index in [-0.39, 0.29) is 23.8 Å². The third-order valence-electron chi connectivity index (χ3n) is 2.68. The van der Waals surface area contributed by atoms with Crippen molar-refractivity contribution in [3.8, 4) is 0 Å². The Morgan fingerprint density at radius 1 is 1.35 bits per heavy atom. The summed E-state index contributed by atoms with van der Waals surface area (Å²) in [6.07, 6.45) is 1.53. The molecule has 2 aromatic heterocycles. The SMILES string of the molecule is CCOC(=O)c1cc(NC(C)=O)c(=O)n2ccccc12. The maximum absolute atomic E-state index is 12.2. The molecule has 0 saturated heterocycles. The number of hydrogen-bond donors (Lipinski definition) is 1. The zero-order chi connectivity index (χ0) is 14.7. The Bertz CT molecular complexity index is 734. The number of carbonyl (C=O) groups excluding carboxylic acids is 2. The normalized spacial score (nSPS) is 10.3. The molecule has 0 atom stereocenters. The zero-order valence-corrected chi connectivity index (χ0v) is 11.2. The van der Waals surface area contributed by atoms with Crippen molar-refractivity contribution in [1.29, 1.82) is 0 Å². The van der Waals surface area contributed by atoms with Crippen LogP contribution in [0.15, 0.2) is 35.3 Å². The van der Waals surface area contributed by atoms with Gasteiger partial charge in [0.1, 0.15) is 5.69 Å². The average Bonchev–Trinajstić information content (AvgIpc) is 2.42. The van der Waals surface area contributed by atoms with Gasteiger partial charge in [-0.3, -0.25) is 14.0 Å². The summed E-state index contributed by atoms with van der Waals surface area (Å²) >= 11 is 0. The fourth-order valence-electron chi connectivity index (χ4n) is 1.90. The van der Waals surface area contributed by atoms with E-state index in [2.05, 4.69) is 5.32 Å². The molecule has 0 spiro atoms. The molecule has 1 amide bonds. The van der Waals surface area contributed by atoms with Gasteiger partial charge in [0.15, 0.2) is 0 Å². The van der Waals surface area contributed by atoms with Crippen molar-refractivity contribution in [1.82, 2.24) is 4.40 Å². The minimum Gasteiger partial charge on any atom is -0.462 e. The van der Waals surface area contributed by atoms with Crippen molar-refractivity contribution >= 4 is 23.1 Å². The van der Waals surface area contributed by atoms with Crippen LogP contribution in [0, 0.1) is 0 Å². The number of fused-ring (bicyclic) bond motifs is 1. The van der Waals surface area contributed by atoms with Crippen LogP contribution in [0.3, 0.4) is 0 Å². The van der Waals surface area contributed by atoms with Crippen molar-refractivity contribution in [3.05, 3.63) is 46.4 Å². The zero-order valence-electron chi connectivity index (χ0n) is 11.2. The summed E-state index contributed by atoms with van der Waals surface area (Å²) in [6.45, 7) is 3.22. The van der Waals surface area contributed by atoms with Gasteiger partial charge in [0.2, 0.25) is 5.91 Å². The van der Waals surface area contributed by atoms with Crippen LogP contribution in [-0.2, 0) is 9.53 Å². The lowest BCUT2D eigenvalue weighted by molar-refractivity contribution is -0.114. The molecule has 0 bridgehead atoms. The van der Waals surface area contributed by atoms with E-state index in [1.54, 1.807) is 25.1 Å². The van der Waals surface area contributed by atoms with Gasteiger partial charge in [-0.05, 0) is 25.1 Å². The molecule has 6 nitrogen and oxygen atoms in total. The number of pyridine rings is 2. The Morgan fingerprint density at radius 2 is 2.10 bits per heavy atom. The molecule has 0 saturated carbocycles. The monoisotopic (exact) mass is 274 g/mol. The molecule has 0 aliphatic rings. The van der Waals surface area contributed by atoms with E-state index < -0.39 is 11.5 Å². The van der Waals surface area contributed by atoms with Gasteiger partial charge >= 0.3 is 5.97 Å². The number of aromatic nitrogens is 1. The maximum atomic E-state index is 12.2. The molecule has 0 aromatic carbocycles. The van der Waals surface area contributed by atoms with Gasteiger partial charge in [-0.1, -0.05) is 6.07 Å². The predicted octanol–water partition coefficient (Wildman–Crippen LogP) is 1.43. The number of nitrogens with zero attached hydrogens (tertiary/aromatic N) is 1. The summed E-state index contributed by atoms with van der Waals surface area (Å²) in [6, 6.07) is 6.37. The Morgan fingerprint density at radius 3 is 2.75 bits per heavy atom. The van der Waals surface area contributed by atoms with Crippen molar-refractivity contribution in [2.24, 2.45) is 0 Å². The van der Waals surface area contributed by atoms with Crippen LogP contribution in [0.25, 0.3) is 5.52 Å². The van der Waals surface area contributed by atoms with Gasteiger partial charge < -0.3 is 10.1 Å². The van der Waals surface area contributed by atoms with E-state index in [1.165, 1.54) is 23.6 Å². The Hall–Kier alpha value is -2.63. The fraction of sp³-hybridized carbons (Fsp3) is 0.214. The molecule has 1 N–H and O–H groups in total. The maximum Gasteiger partial charge on any atom is 0.340 e. The predicted molar refractivity (Wildman–Crippen MR) is 73.9 cm³/mol. The Kier molecular flexibility index (Phi) is 3.84. The minimum absolute atomic E-state index is 0.0456. The molecule has 0 aliphatic carbocycles. The largest absolute Gasteiger partial charge is 0.462 e. The summed E-state index contributed by atoms with van der Waals surface area (Å²) < 4.78 is 6.27. The number of nitrogens with one attached hydrogen (secondary N) is 1. The molecule has 0 fully saturated rings. The second kappa shape index (κ2) is 5.56. The molecular weight excluding hydrogens is 260 g/mol. The van der Waals surface area contributed by atoms with Gasteiger partial charge in [0.05, 0.1) is 17.7 Å². The number of carbonyl (C=O) groups is 2. The highest BCUT2D eigenvalue weighted by atomic mass is 16.5. The first-order valence-electron chi connectivity index (χ1n) is 6.13. The molecule has 0 radical (unpaired) electrons. The number of rotatable bonds is 3. The summed E-state index contributed by atoms with van der Waals surface area (Å²) in [5, 5.41) is 2.42. The minimum atomic E-state index is -0.539. The van der Waals surface area contributed by atoms with E-state index in [1.807, 2.05) is 0 Å². The van der Waals surface area contributed by atoms with E-state index in [4.69, 9.17) is 4.74 Å². The fourth-order valence-corrected chi connectivity index (χ4v) is 1.90. The van der Waals surface area contributed by atoms with E-state index in [9.17, 15) is 14.4 Å². The van der Waals surface area contributed by atoms with Crippen LogP contribution in [-0.4, -0.2) is 22.9 Å². The van der Waals surface area contributed by atoms with Crippen LogP contribution < -0.4 is 10.9 Å².